The molecule has 1 aromatic rings. The molecular formula is C12H23N3O3S. The van der Waals surface area contributed by atoms with E-state index in [1.54, 1.807) is 13.0 Å². The molecule has 110 valence electrons. The van der Waals surface area contributed by atoms with Crippen LogP contribution in [-0.4, -0.2) is 32.4 Å². The number of sulfonamides is 1. The number of aryl methyl sites for hydroxylation is 1. The van der Waals surface area contributed by atoms with Crippen LogP contribution in [-0.2, 0) is 16.6 Å². The fourth-order valence-corrected chi connectivity index (χ4v) is 2.70. The molecule has 7 heteroatoms. The van der Waals surface area contributed by atoms with Crippen molar-refractivity contribution in [3.8, 4) is 0 Å². The maximum atomic E-state index is 11.7. The van der Waals surface area contributed by atoms with Crippen molar-refractivity contribution in [2.75, 3.05) is 18.8 Å². The van der Waals surface area contributed by atoms with Crippen LogP contribution in [0.25, 0.3) is 0 Å². The molecule has 0 saturated carbocycles. The molecule has 1 heterocycles. The van der Waals surface area contributed by atoms with E-state index < -0.39 is 10.0 Å². The number of unbranched alkanes of at least 4 members (excludes halogenated alkanes) is 1. The zero-order chi connectivity index (χ0) is 14.1. The lowest BCUT2D eigenvalue weighted by Gasteiger charge is -2.05. The molecule has 0 spiro atoms. The van der Waals surface area contributed by atoms with Gasteiger partial charge in [-0.1, -0.05) is 12.1 Å². The SMILES string of the molecule is CCCNCCCCS(=O)(=O)NCc1cc(C)on1. The van der Waals surface area contributed by atoms with Gasteiger partial charge < -0.3 is 9.84 Å². The number of rotatable bonds is 10. The summed E-state index contributed by atoms with van der Waals surface area (Å²) in [6.45, 7) is 5.91. The normalized spacial score (nSPS) is 11.9. The van der Waals surface area contributed by atoms with Crippen LogP contribution in [0.2, 0.25) is 0 Å². The Morgan fingerprint density at radius 2 is 2.11 bits per heavy atom. The summed E-state index contributed by atoms with van der Waals surface area (Å²) >= 11 is 0. The highest BCUT2D eigenvalue weighted by Crippen LogP contribution is 2.02. The van der Waals surface area contributed by atoms with E-state index in [2.05, 4.69) is 22.1 Å². The van der Waals surface area contributed by atoms with E-state index in [4.69, 9.17) is 4.52 Å². The average molecular weight is 289 g/mol. The molecule has 0 aliphatic rings. The molecule has 0 aromatic carbocycles. The molecule has 0 amide bonds. The van der Waals surface area contributed by atoms with Crippen molar-refractivity contribution < 1.29 is 12.9 Å². The van der Waals surface area contributed by atoms with Crippen LogP contribution in [0.3, 0.4) is 0 Å². The summed E-state index contributed by atoms with van der Waals surface area (Å²) in [6.07, 6.45) is 2.62. The van der Waals surface area contributed by atoms with Gasteiger partial charge in [0.1, 0.15) is 5.76 Å². The van der Waals surface area contributed by atoms with E-state index in [1.807, 2.05) is 0 Å². The summed E-state index contributed by atoms with van der Waals surface area (Å²) in [5.41, 5.74) is 0.602. The van der Waals surface area contributed by atoms with Gasteiger partial charge in [-0.05, 0) is 39.3 Å². The van der Waals surface area contributed by atoms with Gasteiger partial charge in [0.2, 0.25) is 10.0 Å². The maximum Gasteiger partial charge on any atom is 0.211 e. The first-order valence-corrected chi connectivity index (χ1v) is 8.29. The fraction of sp³-hybridized carbons (Fsp3) is 0.750. The van der Waals surface area contributed by atoms with Crippen LogP contribution in [0.4, 0.5) is 0 Å². The summed E-state index contributed by atoms with van der Waals surface area (Å²) in [5.74, 6) is 0.827. The molecule has 1 aromatic heterocycles. The molecule has 0 fully saturated rings. The summed E-state index contributed by atoms with van der Waals surface area (Å²) in [6, 6.07) is 1.72. The predicted octanol–water partition coefficient (Wildman–Crippen LogP) is 1.18. The Labute approximate surface area is 115 Å². The van der Waals surface area contributed by atoms with E-state index in [1.165, 1.54) is 0 Å². The van der Waals surface area contributed by atoms with Crippen LogP contribution >= 0.6 is 0 Å². The molecule has 0 aliphatic heterocycles. The third kappa shape index (κ3) is 7.29. The highest BCUT2D eigenvalue weighted by atomic mass is 32.2. The molecular weight excluding hydrogens is 266 g/mol. The van der Waals surface area contributed by atoms with Gasteiger partial charge in [-0.3, -0.25) is 0 Å². The van der Waals surface area contributed by atoms with Crippen molar-refractivity contribution in [3.63, 3.8) is 0 Å². The molecule has 0 saturated heterocycles. The number of nitrogens with zero attached hydrogens (tertiary/aromatic N) is 1. The minimum absolute atomic E-state index is 0.150. The van der Waals surface area contributed by atoms with Crippen LogP contribution in [0.1, 0.15) is 37.6 Å². The van der Waals surface area contributed by atoms with Crippen LogP contribution in [0.5, 0.6) is 0 Å². The Kier molecular flexibility index (Phi) is 7.04. The van der Waals surface area contributed by atoms with Gasteiger partial charge in [0.05, 0.1) is 18.0 Å². The van der Waals surface area contributed by atoms with E-state index in [-0.39, 0.29) is 12.3 Å². The molecule has 19 heavy (non-hydrogen) atoms. The van der Waals surface area contributed by atoms with E-state index in [0.29, 0.717) is 17.9 Å². The Morgan fingerprint density at radius 1 is 1.32 bits per heavy atom. The summed E-state index contributed by atoms with van der Waals surface area (Å²) in [7, 11) is -3.22. The highest BCUT2D eigenvalue weighted by Gasteiger charge is 2.10. The molecule has 1 rings (SSSR count). The molecule has 0 aliphatic carbocycles. The van der Waals surface area contributed by atoms with Crippen molar-refractivity contribution in [1.82, 2.24) is 15.2 Å². The minimum Gasteiger partial charge on any atom is -0.361 e. The quantitative estimate of drug-likeness (QED) is 0.632. The van der Waals surface area contributed by atoms with Gasteiger partial charge in [-0.25, -0.2) is 13.1 Å². The third-order valence-electron chi connectivity index (χ3n) is 2.59. The Morgan fingerprint density at radius 3 is 2.74 bits per heavy atom. The van der Waals surface area contributed by atoms with Gasteiger partial charge in [-0.15, -0.1) is 0 Å². The monoisotopic (exact) mass is 289 g/mol. The second-order valence-corrected chi connectivity index (χ2v) is 6.45. The third-order valence-corrected chi connectivity index (χ3v) is 4.00. The lowest BCUT2D eigenvalue weighted by Crippen LogP contribution is -2.26. The van der Waals surface area contributed by atoms with E-state index in [9.17, 15) is 8.42 Å². The van der Waals surface area contributed by atoms with Crippen molar-refractivity contribution >= 4 is 10.0 Å². The maximum absolute atomic E-state index is 11.7. The molecule has 0 atom stereocenters. The molecule has 0 bridgehead atoms. The molecule has 0 radical (unpaired) electrons. The topological polar surface area (TPSA) is 84.2 Å². The second-order valence-electron chi connectivity index (χ2n) is 4.53. The summed E-state index contributed by atoms with van der Waals surface area (Å²) < 4.78 is 30.8. The first-order valence-electron chi connectivity index (χ1n) is 6.64. The van der Waals surface area contributed by atoms with Crippen molar-refractivity contribution in [2.24, 2.45) is 0 Å². The molecule has 0 unspecified atom stereocenters. The Hall–Kier alpha value is -0.920. The smallest absolute Gasteiger partial charge is 0.211 e. The predicted molar refractivity (Wildman–Crippen MR) is 74.3 cm³/mol. The highest BCUT2D eigenvalue weighted by molar-refractivity contribution is 7.89. The van der Waals surface area contributed by atoms with Gasteiger partial charge in [-0.2, -0.15) is 0 Å². The van der Waals surface area contributed by atoms with Gasteiger partial charge in [0, 0.05) is 6.07 Å². The average Bonchev–Trinajstić information content (AvgIpc) is 2.77. The minimum atomic E-state index is -3.22. The van der Waals surface area contributed by atoms with E-state index >= 15 is 0 Å². The first-order chi connectivity index (χ1) is 9.03. The lowest BCUT2D eigenvalue weighted by atomic mass is 10.3. The van der Waals surface area contributed by atoms with Gasteiger partial charge in [0.25, 0.3) is 0 Å². The largest absolute Gasteiger partial charge is 0.361 e. The van der Waals surface area contributed by atoms with Crippen molar-refractivity contribution in [1.29, 1.82) is 0 Å². The van der Waals surface area contributed by atoms with Crippen LogP contribution in [0, 0.1) is 6.92 Å². The lowest BCUT2D eigenvalue weighted by molar-refractivity contribution is 0.390. The van der Waals surface area contributed by atoms with Crippen LogP contribution < -0.4 is 10.0 Å². The van der Waals surface area contributed by atoms with Crippen molar-refractivity contribution in [2.45, 2.75) is 39.7 Å². The zero-order valence-electron chi connectivity index (χ0n) is 11.6. The fourth-order valence-electron chi connectivity index (χ4n) is 1.60. The summed E-state index contributed by atoms with van der Waals surface area (Å²) in [5, 5.41) is 6.98. The first kappa shape index (κ1) is 16.1. The number of nitrogens with one attached hydrogen (secondary N) is 2. The number of hydrogen-bond acceptors (Lipinski definition) is 5. The van der Waals surface area contributed by atoms with Crippen LogP contribution in [0.15, 0.2) is 10.6 Å². The standard InChI is InChI=1S/C12H23N3O3S/c1-3-6-13-7-4-5-8-19(16,17)14-10-12-9-11(2)18-15-12/h9,13-14H,3-8,10H2,1-2H3. The Balaban J connectivity index is 2.17. The number of aromatic nitrogens is 1. The second kappa shape index (κ2) is 8.29. The van der Waals surface area contributed by atoms with Gasteiger partial charge in [0.15, 0.2) is 0 Å². The van der Waals surface area contributed by atoms with E-state index in [0.717, 1.165) is 25.9 Å². The number of hydrogen-bond donors (Lipinski definition) is 2. The van der Waals surface area contributed by atoms with Crippen molar-refractivity contribution in [3.05, 3.63) is 17.5 Å². The summed E-state index contributed by atoms with van der Waals surface area (Å²) in [4.78, 5) is 0. The molecule has 2 N–H and O–H groups in total. The molecule has 6 nitrogen and oxygen atoms in total. The Bertz CT molecular complexity index is 457. The van der Waals surface area contributed by atoms with Gasteiger partial charge >= 0.3 is 0 Å². The zero-order valence-corrected chi connectivity index (χ0v) is 12.4.